The zero-order valence-electron chi connectivity index (χ0n) is 18.3. The monoisotopic (exact) mass is 499 g/mol. The molecule has 1 saturated heterocycles. The minimum Gasteiger partial charge on any atom is -0.480 e. The Morgan fingerprint density at radius 1 is 1.21 bits per heavy atom. The van der Waals surface area contributed by atoms with Gasteiger partial charge in [-0.3, -0.25) is 23.7 Å². The van der Waals surface area contributed by atoms with Gasteiger partial charge in [0.25, 0.3) is 5.56 Å². The maximum atomic E-state index is 13.5. The van der Waals surface area contributed by atoms with Crippen molar-refractivity contribution in [3.8, 4) is 5.75 Å². The second-order valence-electron chi connectivity index (χ2n) is 7.95. The number of aromatic amines is 1. The van der Waals surface area contributed by atoms with E-state index in [0.29, 0.717) is 0 Å². The number of carboxylic acid groups (broad SMARTS) is 1. The van der Waals surface area contributed by atoms with Crippen molar-refractivity contribution in [3.05, 3.63) is 63.4 Å². The molecule has 0 saturated carbocycles. The Kier molecular flexibility index (Phi) is 8.08. The van der Waals surface area contributed by atoms with Gasteiger partial charge in [0.1, 0.15) is 30.1 Å². The molecule has 34 heavy (non-hydrogen) atoms. The molecule has 0 radical (unpaired) electrons. The molecule has 2 aromatic rings. The topological polar surface area (TPSA) is 189 Å². The van der Waals surface area contributed by atoms with E-state index in [9.17, 15) is 34.3 Å². The van der Waals surface area contributed by atoms with Crippen LogP contribution in [0.4, 0.5) is 0 Å². The summed E-state index contributed by atoms with van der Waals surface area (Å²) in [6.45, 7) is 2.62. The number of aliphatic carboxylic acids is 1. The number of hydrogen-bond donors (Lipinski definition) is 5. The maximum Gasteiger partial charge on any atom is 0.459 e. The number of nitrogens with one attached hydrogen (secondary N) is 2. The highest BCUT2D eigenvalue weighted by atomic mass is 31.2. The number of hydrogen-bond acceptors (Lipinski definition) is 9. The van der Waals surface area contributed by atoms with Gasteiger partial charge in [-0.1, -0.05) is 32.0 Å². The van der Waals surface area contributed by atoms with Crippen LogP contribution in [-0.4, -0.2) is 61.8 Å². The first-order chi connectivity index (χ1) is 16.0. The lowest BCUT2D eigenvalue weighted by molar-refractivity contribution is -0.140. The van der Waals surface area contributed by atoms with E-state index in [1.54, 1.807) is 32.0 Å². The van der Waals surface area contributed by atoms with Crippen LogP contribution >= 0.6 is 7.75 Å². The predicted molar refractivity (Wildman–Crippen MR) is 117 cm³/mol. The van der Waals surface area contributed by atoms with Crippen LogP contribution in [0.5, 0.6) is 5.75 Å². The molecule has 0 bridgehead atoms. The van der Waals surface area contributed by atoms with E-state index >= 15 is 0 Å². The zero-order chi connectivity index (χ0) is 25.0. The van der Waals surface area contributed by atoms with E-state index in [-0.39, 0.29) is 5.75 Å². The van der Waals surface area contributed by atoms with Gasteiger partial charge in [-0.25, -0.2) is 9.36 Å². The van der Waals surface area contributed by atoms with E-state index in [1.807, 2.05) is 4.98 Å². The number of rotatable bonds is 10. The van der Waals surface area contributed by atoms with Crippen LogP contribution < -0.4 is 20.9 Å². The highest BCUT2D eigenvalue weighted by Crippen LogP contribution is 2.46. The predicted octanol–water partition coefficient (Wildman–Crippen LogP) is 0.0583. The Hall–Kier alpha value is -2.80. The number of nitrogens with zero attached hydrogens (tertiary/aromatic N) is 1. The van der Waals surface area contributed by atoms with Crippen LogP contribution in [0.3, 0.4) is 0 Å². The second-order valence-corrected chi connectivity index (χ2v) is 9.64. The van der Waals surface area contributed by atoms with E-state index in [2.05, 4.69) is 5.09 Å². The van der Waals surface area contributed by atoms with Crippen molar-refractivity contribution in [2.45, 2.75) is 44.4 Å². The second kappa shape index (κ2) is 10.6. The van der Waals surface area contributed by atoms with Gasteiger partial charge in [-0.15, -0.1) is 0 Å². The normalized spacial score (nSPS) is 25.1. The summed E-state index contributed by atoms with van der Waals surface area (Å²) in [5.74, 6) is -1.63. The number of para-hydroxylation sites is 1. The van der Waals surface area contributed by atoms with E-state index in [0.717, 1.165) is 16.8 Å². The van der Waals surface area contributed by atoms with Crippen molar-refractivity contribution in [2.24, 2.45) is 5.92 Å². The number of aliphatic hydroxyl groups excluding tert-OH is 2. The molecule has 1 aromatic carbocycles. The van der Waals surface area contributed by atoms with Gasteiger partial charge in [-0.2, -0.15) is 5.09 Å². The third-order valence-electron chi connectivity index (χ3n) is 5.07. The van der Waals surface area contributed by atoms with Gasteiger partial charge in [0, 0.05) is 12.3 Å². The number of ether oxygens (including phenoxy) is 1. The Labute approximate surface area is 193 Å². The molecule has 5 N–H and O–H groups in total. The minimum atomic E-state index is -4.33. The van der Waals surface area contributed by atoms with Gasteiger partial charge in [0.15, 0.2) is 6.23 Å². The first kappa shape index (κ1) is 25.8. The largest absolute Gasteiger partial charge is 0.480 e. The standard InChI is InChI=1S/C20H26N3O10P/c1-11(2)15(19(27)28)22-34(30,33-12-6-4-3-5-7-12)31-10-13-16(25)17(26)18(32-13)23-9-8-14(24)21-20(23)29/h3-9,11,13,15-18,25-26H,10H2,1-2H3,(H,22,30)(H,27,28)(H,21,24,29)/t13-,15+,16-,17-,18-,34?/m1/s1. The molecule has 1 fully saturated rings. The van der Waals surface area contributed by atoms with Crippen LogP contribution in [0.2, 0.25) is 0 Å². The summed E-state index contributed by atoms with van der Waals surface area (Å²) in [7, 11) is -4.33. The van der Waals surface area contributed by atoms with Crippen LogP contribution in [0.25, 0.3) is 0 Å². The van der Waals surface area contributed by atoms with Crippen molar-refractivity contribution >= 4 is 13.7 Å². The highest BCUT2D eigenvalue weighted by Gasteiger charge is 2.46. The average molecular weight is 499 g/mol. The molecule has 0 amide bonds. The van der Waals surface area contributed by atoms with Crippen LogP contribution in [-0.2, 0) is 18.6 Å². The molecule has 2 heterocycles. The highest BCUT2D eigenvalue weighted by molar-refractivity contribution is 7.52. The number of carboxylic acids is 1. The summed E-state index contributed by atoms with van der Waals surface area (Å²) >= 11 is 0. The van der Waals surface area contributed by atoms with E-state index in [4.69, 9.17) is 13.8 Å². The van der Waals surface area contributed by atoms with Gasteiger partial charge < -0.3 is 24.6 Å². The lowest BCUT2D eigenvalue weighted by atomic mass is 10.1. The SMILES string of the molecule is CC(C)[C@H](NP(=O)(OC[C@H]1O[C@@H](n2ccc(=O)[nH]c2=O)[C@H](O)[C@@H]1O)Oc1ccccc1)C(=O)O. The molecule has 6 atom stereocenters. The molecule has 1 aromatic heterocycles. The molecule has 186 valence electrons. The maximum absolute atomic E-state index is 13.5. The van der Waals surface area contributed by atoms with Crippen molar-refractivity contribution in [1.82, 2.24) is 14.6 Å². The first-order valence-corrected chi connectivity index (χ1v) is 11.9. The number of aliphatic hydroxyl groups is 2. The minimum absolute atomic E-state index is 0.136. The third kappa shape index (κ3) is 6.00. The Morgan fingerprint density at radius 3 is 2.47 bits per heavy atom. The molecule has 3 rings (SSSR count). The quantitative estimate of drug-likeness (QED) is 0.278. The van der Waals surface area contributed by atoms with Gasteiger partial charge >= 0.3 is 19.4 Å². The summed E-state index contributed by atoms with van der Waals surface area (Å²) in [5, 5.41) is 32.6. The lowest BCUT2D eigenvalue weighted by Crippen LogP contribution is -2.41. The number of H-pyrrole nitrogens is 1. The molecule has 0 spiro atoms. The molecule has 1 aliphatic heterocycles. The molecule has 1 unspecified atom stereocenters. The Morgan fingerprint density at radius 2 is 1.88 bits per heavy atom. The molecule has 14 heteroatoms. The number of aromatic nitrogens is 2. The van der Waals surface area contributed by atoms with E-state index in [1.165, 1.54) is 12.1 Å². The van der Waals surface area contributed by atoms with Crippen molar-refractivity contribution in [1.29, 1.82) is 0 Å². The van der Waals surface area contributed by atoms with Gasteiger partial charge in [0.05, 0.1) is 6.61 Å². The first-order valence-electron chi connectivity index (χ1n) is 10.3. The number of carbonyl (C=O) groups is 1. The lowest BCUT2D eigenvalue weighted by Gasteiger charge is -2.26. The van der Waals surface area contributed by atoms with Crippen LogP contribution in [0, 0.1) is 5.92 Å². The summed E-state index contributed by atoms with van der Waals surface area (Å²) in [5.41, 5.74) is -1.52. The molecule has 13 nitrogen and oxygen atoms in total. The van der Waals surface area contributed by atoms with Crippen LogP contribution in [0.1, 0.15) is 20.1 Å². The Bertz CT molecular complexity index is 1150. The summed E-state index contributed by atoms with van der Waals surface area (Å²) in [6, 6.07) is 7.66. The third-order valence-corrected chi connectivity index (χ3v) is 6.60. The smallest absolute Gasteiger partial charge is 0.459 e. The van der Waals surface area contributed by atoms with Crippen LogP contribution in [0.15, 0.2) is 52.2 Å². The van der Waals surface area contributed by atoms with Gasteiger partial charge in [-0.05, 0) is 18.1 Å². The van der Waals surface area contributed by atoms with Crippen molar-refractivity contribution in [2.75, 3.05) is 6.61 Å². The zero-order valence-corrected chi connectivity index (χ0v) is 19.2. The Balaban J connectivity index is 1.79. The fourth-order valence-corrected chi connectivity index (χ4v) is 4.94. The molecule has 1 aliphatic rings. The summed E-state index contributed by atoms with van der Waals surface area (Å²) in [6.07, 6.45) is -4.68. The molecular weight excluding hydrogens is 473 g/mol. The fourth-order valence-electron chi connectivity index (χ4n) is 3.27. The van der Waals surface area contributed by atoms with Crippen molar-refractivity contribution in [3.63, 3.8) is 0 Å². The van der Waals surface area contributed by atoms with E-state index < -0.39 is 68.1 Å². The van der Waals surface area contributed by atoms with Gasteiger partial charge in [0.2, 0.25) is 0 Å². The molecule has 0 aliphatic carbocycles. The summed E-state index contributed by atoms with van der Waals surface area (Å²) < 4.78 is 30.8. The summed E-state index contributed by atoms with van der Waals surface area (Å²) in [4.78, 5) is 36.9. The van der Waals surface area contributed by atoms with Crippen molar-refractivity contribution < 1.29 is 38.5 Å². The fraction of sp³-hybridized carbons (Fsp3) is 0.450. The molecular formula is C20H26N3O10P. The number of benzene rings is 1. The average Bonchev–Trinajstić information content (AvgIpc) is 3.05.